The second-order valence-electron chi connectivity index (χ2n) is 5.48. The summed E-state index contributed by atoms with van der Waals surface area (Å²) in [5.41, 5.74) is 1.37. The molecule has 0 amide bonds. The molecule has 3 heteroatoms. The molecule has 2 aliphatic rings. The molecule has 2 bridgehead atoms. The van der Waals surface area contributed by atoms with Gasteiger partial charge in [0.25, 0.3) is 0 Å². The van der Waals surface area contributed by atoms with Crippen LogP contribution in [-0.2, 0) is 6.54 Å². The highest BCUT2D eigenvalue weighted by molar-refractivity contribution is 9.09. The fourth-order valence-electron chi connectivity index (χ4n) is 3.45. The summed E-state index contributed by atoms with van der Waals surface area (Å²) in [6, 6.07) is 10.0. The number of piperidine rings is 1. The van der Waals surface area contributed by atoms with Gasteiger partial charge in [-0.15, -0.1) is 0 Å². The van der Waals surface area contributed by atoms with Crippen molar-refractivity contribution in [2.75, 3.05) is 7.11 Å². The zero-order chi connectivity index (χ0) is 12.5. The highest BCUT2D eigenvalue weighted by Crippen LogP contribution is 2.39. The lowest BCUT2D eigenvalue weighted by molar-refractivity contribution is 0.137. The molecule has 1 aromatic carbocycles. The first-order valence-corrected chi connectivity index (χ1v) is 7.70. The maximum atomic E-state index is 5.30. The van der Waals surface area contributed by atoms with Gasteiger partial charge in [0.15, 0.2) is 0 Å². The maximum Gasteiger partial charge on any atom is 0.119 e. The van der Waals surface area contributed by atoms with Gasteiger partial charge in [0.2, 0.25) is 0 Å². The Labute approximate surface area is 117 Å². The maximum absolute atomic E-state index is 5.30. The molecule has 0 radical (unpaired) electrons. The number of ether oxygens (including phenoxy) is 1. The van der Waals surface area contributed by atoms with E-state index in [2.05, 4.69) is 39.0 Å². The summed E-state index contributed by atoms with van der Waals surface area (Å²) < 4.78 is 5.30. The van der Waals surface area contributed by atoms with Crippen LogP contribution in [0.5, 0.6) is 5.75 Å². The largest absolute Gasteiger partial charge is 0.497 e. The fourth-order valence-corrected chi connectivity index (χ4v) is 4.31. The van der Waals surface area contributed by atoms with Gasteiger partial charge in [0.1, 0.15) is 5.75 Å². The molecule has 2 nitrogen and oxygen atoms in total. The minimum Gasteiger partial charge on any atom is -0.497 e. The van der Waals surface area contributed by atoms with Crippen LogP contribution in [-0.4, -0.2) is 28.9 Å². The Morgan fingerprint density at radius 1 is 1.28 bits per heavy atom. The van der Waals surface area contributed by atoms with Gasteiger partial charge in [0, 0.05) is 23.5 Å². The van der Waals surface area contributed by atoms with Crippen molar-refractivity contribution in [1.82, 2.24) is 4.90 Å². The Kier molecular flexibility index (Phi) is 3.62. The molecule has 2 atom stereocenters. The topological polar surface area (TPSA) is 12.5 Å². The molecular formula is C15H20BrNO. The lowest BCUT2D eigenvalue weighted by Gasteiger charge is -2.37. The first-order valence-electron chi connectivity index (χ1n) is 6.79. The Hall–Kier alpha value is -0.540. The van der Waals surface area contributed by atoms with E-state index in [1.54, 1.807) is 7.11 Å². The molecule has 0 aliphatic carbocycles. The molecule has 2 fully saturated rings. The number of hydrogen-bond acceptors (Lipinski definition) is 2. The van der Waals surface area contributed by atoms with Crippen molar-refractivity contribution in [3.63, 3.8) is 0 Å². The van der Waals surface area contributed by atoms with E-state index in [-0.39, 0.29) is 0 Å². The van der Waals surface area contributed by atoms with E-state index in [9.17, 15) is 0 Å². The summed E-state index contributed by atoms with van der Waals surface area (Å²) in [6.45, 7) is 1.08. The van der Waals surface area contributed by atoms with Crippen LogP contribution in [0.3, 0.4) is 0 Å². The van der Waals surface area contributed by atoms with Crippen LogP contribution < -0.4 is 4.74 Å². The first kappa shape index (κ1) is 12.5. The predicted octanol–water partition coefficient (Wildman–Crippen LogP) is 3.59. The van der Waals surface area contributed by atoms with Crippen molar-refractivity contribution in [1.29, 1.82) is 0 Å². The van der Waals surface area contributed by atoms with Gasteiger partial charge in [0.05, 0.1) is 7.11 Å². The summed E-state index contributed by atoms with van der Waals surface area (Å²) in [5, 5.41) is 0. The molecule has 2 heterocycles. The minimum atomic E-state index is 0.733. The third kappa shape index (κ3) is 2.43. The lowest BCUT2D eigenvalue weighted by Crippen LogP contribution is -2.42. The van der Waals surface area contributed by atoms with Gasteiger partial charge in [-0.25, -0.2) is 0 Å². The van der Waals surface area contributed by atoms with E-state index in [0.717, 1.165) is 29.2 Å². The van der Waals surface area contributed by atoms with Crippen molar-refractivity contribution >= 4 is 15.9 Å². The first-order chi connectivity index (χ1) is 8.76. The van der Waals surface area contributed by atoms with Crippen molar-refractivity contribution < 1.29 is 4.74 Å². The summed E-state index contributed by atoms with van der Waals surface area (Å²) in [7, 11) is 1.74. The normalized spacial score (nSPS) is 31.6. The Morgan fingerprint density at radius 2 is 2.00 bits per heavy atom. The summed E-state index contributed by atoms with van der Waals surface area (Å²) in [6.07, 6.45) is 5.36. The van der Waals surface area contributed by atoms with Crippen LogP contribution in [0.4, 0.5) is 0 Å². The highest BCUT2D eigenvalue weighted by Gasteiger charge is 2.39. The van der Waals surface area contributed by atoms with Crippen LogP contribution in [0, 0.1) is 0 Å². The molecule has 18 heavy (non-hydrogen) atoms. The Morgan fingerprint density at radius 3 is 2.67 bits per heavy atom. The van der Waals surface area contributed by atoms with Crippen LogP contribution in [0.2, 0.25) is 0 Å². The average molecular weight is 310 g/mol. The zero-order valence-electron chi connectivity index (χ0n) is 10.8. The standard InChI is InChI=1S/C15H20BrNO/c1-18-15-4-2-3-11(7-15)10-17-13-5-6-14(17)9-12(16)8-13/h2-4,7,12-14H,5-6,8-10H2,1H3. The molecule has 0 aromatic heterocycles. The number of rotatable bonds is 3. The van der Waals surface area contributed by atoms with Gasteiger partial charge in [-0.05, 0) is 43.4 Å². The molecule has 0 N–H and O–H groups in total. The average Bonchev–Trinajstić information content (AvgIpc) is 2.62. The quantitative estimate of drug-likeness (QED) is 0.791. The van der Waals surface area contributed by atoms with Crippen molar-refractivity contribution in [2.24, 2.45) is 0 Å². The highest BCUT2D eigenvalue weighted by atomic mass is 79.9. The number of nitrogens with zero attached hydrogens (tertiary/aromatic N) is 1. The van der Waals surface area contributed by atoms with Crippen LogP contribution in [0.25, 0.3) is 0 Å². The number of fused-ring (bicyclic) bond motifs is 2. The minimum absolute atomic E-state index is 0.733. The van der Waals surface area contributed by atoms with Gasteiger partial charge < -0.3 is 4.74 Å². The third-order valence-electron chi connectivity index (χ3n) is 4.33. The number of methoxy groups -OCH3 is 1. The van der Waals surface area contributed by atoms with E-state index in [1.165, 1.54) is 31.2 Å². The van der Waals surface area contributed by atoms with Gasteiger partial charge in [-0.1, -0.05) is 28.1 Å². The van der Waals surface area contributed by atoms with E-state index in [4.69, 9.17) is 4.74 Å². The van der Waals surface area contributed by atoms with Gasteiger partial charge in [-0.3, -0.25) is 4.90 Å². The second kappa shape index (κ2) is 5.22. The number of alkyl halides is 1. The summed E-state index contributed by atoms with van der Waals surface area (Å²) >= 11 is 3.80. The molecule has 2 saturated heterocycles. The summed E-state index contributed by atoms with van der Waals surface area (Å²) in [5.74, 6) is 0.968. The molecular weight excluding hydrogens is 290 g/mol. The van der Waals surface area contributed by atoms with Crippen LogP contribution in [0.1, 0.15) is 31.2 Å². The monoisotopic (exact) mass is 309 g/mol. The molecule has 98 valence electrons. The Balaban J connectivity index is 1.73. The number of benzene rings is 1. The molecule has 2 unspecified atom stereocenters. The SMILES string of the molecule is COc1cccc(CN2C3CCC2CC(Br)C3)c1. The lowest BCUT2D eigenvalue weighted by atomic mass is 10.0. The zero-order valence-corrected chi connectivity index (χ0v) is 12.4. The van der Waals surface area contributed by atoms with E-state index < -0.39 is 0 Å². The predicted molar refractivity (Wildman–Crippen MR) is 77.3 cm³/mol. The Bertz CT molecular complexity index is 409. The van der Waals surface area contributed by atoms with E-state index in [0.29, 0.717) is 0 Å². The molecule has 3 rings (SSSR count). The van der Waals surface area contributed by atoms with Crippen molar-refractivity contribution in [3.05, 3.63) is 29.8 Å². The number of halogens is 1. The van der Waals surface area contributed by atoms with Crippen molar-refractivity contribution in [3.8, 4) is 5.75 Å². The van der Waals surface area contributed by atoms with E-state index >= 15 is 0 Å². The molecule has 2 aliphatic heterocycles. The smallest absolute Gasteiger partial charge is 0.119 e. The summed E-state index contributed by atoms with van der Waals surface area (Å²) in [4.78, 5) is 3.43. The van der Waals surface area contributed by atoms with Crippen molar-refractivity contribution in [2.45, 2.75) is 49.1 Å². The molecule has 1 aromatic rings. The number of hydrogen-bond donors (Lipinski definition) is 0. The second-order valence-corrected chi connectivity index (χ2v) is 6.77. The molecule has 0 spiro atoms. The van der Waals surface area contributed by atoms with Crippen LogP contribution in [0.15, 0.2) is 24.3 Å². The fraction of sp³-hybridized carbons (Fsp3) is 0.600. The van der Waals surface area contributed by atoms with E-state index in [1.807, 2.05) is 6.07 Å². The van der Waals surface area contributed by atoms with Gasteiger partial charge >= 0.3 is 0 Å². The van der Waals surface area contributed by atoms with Crippen LogP contribution >= 0.6 is 15.9 Å². The molecule has 0 saturated carbocycles. The third-order valence-corrected chi connectivity index (χ3v) is 5.07. The van der Waals surface area contributed by atoms with Gasteiger partial charge in [-0.2, -0.15) is 0 Å².